The van der Waals surface area contributed by atoms with Gasteiger partial charge in [0.2, 0.25) is 0 Å². The molecule has 0 saturated carbocycles. The average Bonchev–Trinajstić information content (AvgIpc) is 2.71. The van der Waals surface area contributed by atoms with Crippen molar-refractivity contribution in [2.24, 2.45) is 0 Å². The Morgan fingerprint density at radius 1 is 0.741 bits per heavy atom. The van der Waals surface area contributed by atoms with Gasteiger partial charge in [-0.1, -0.05) is 12.1 Å². The average molecular weight is 370 g/mol. The van der Waals surface area contributed by atoms with Crippen molar-refractivity contribution in [1.29, 1.82) is 0 Å². The predicted molar refractivity (Wildman–Crippen MR) is 108 cm³/mol. The Labute approximate surface area is 162 Å². The largest absolute Gasteiger partial charge is 0.497 e. The van der Waals surface area contributed by atoms with Gasteiger partial charge in [0, 0.05) is 39.3 Å². The standard InChI is InChI=1S/C22H30N2O3/c1-3-26-21-6-4-19(5-7-21)18-24-14-12-23(13-15-24)16-17-27-22-10-8-20(25-2)9-11-22/h4-11H,3,12-18H2,1-2H3. The molecule has 2 aromatic rings. The van der Waals surface area contributed by atoms with Crippen LogP contribution in [0.5, 0.6) is 17.2 Å². The van der Waals surface area contributed by atoms with Crippen LogP contribution in [0.15, 0.2) is 48.5 Å². The maximum Gasteiger partial charge on any atom is 0.119 e. The van der Waals surface area contributed by atoms with Crippen LogP contribution in [-0.2, 0) is 6.54 Å². The zero-order chi connectivity index (χ0) is 18.9. The smallest absolute Gasteiger partial charge is 0.119 e. The van der Waals surface area contributed by atoms with Crippen molar-refractivity contribution in [2.45, 2.75) is 13.5 Å². The second-order valence-corrected chi connectivity index (χ2v) is 6.72. The van der Waals surface area contributed by atoms with Gasteiger partial charge in [0.05, 0.1) is 13.7 Å². The van der Waals surface area contributed by atoms with E-state index < -0.39 is 0 Å². The lowest BCUT2D eigenvalue weighted by atomic mass is 10.2. The van der Waals surface area contributed by atoms with E-state index in [0.29, 0.717) is 13.2 Å². The number of methoxy groups -OCH3 is 1. The summed E-state index contributed by atoms with van der Waals surface area (Å²) in [6.45, 7) is 9.76. The number of benzene rings is 2. The highest BCUT2D eigenvalue weighted by atomic mass is 16.5. The normalized spacial score (nSPS) is 15.5. The molecule has 5 nitrogen and oxygen atoms in total. The summed E-state index contributed by atoms with van der Waals surface area (Å²) in [6, 6.07) is 16.2. The predicted octanol–water partition coefficient (Wildman–Crippen LogP) is 3.29. The van der Waals surface area contributed by atoms with Crippen molar-refractivity contribution in [3.05, 3.63) is 54.1 Å². The monoisotopic (exact) mass is 370 g/mol. The van der Waals surface area contributed by atoms with Gasteiger partial charge in [-0.2, -0.15) is 0 Å². The molecule has 0 spiro atoms. The molecule has 146 valence electrons. The van der Waals surface area contributed by atoms with Crippen LogP contribution >= 0.6 is 0 Å². The van der Waals surface area contributed by atoms with E-state index in [1.165, 1.54) is 5.56 Å². The summed E-state index contributed by atoms with van der Waals surface area (Å²) in [6.07, 6.45) is 0. The molecule has 0 N–H and O–H groups in total. The molecule has 3 rings (SSSR count). The third-order valence-corrected chi connectivity index (χ3v) is 4.84. The van der Waals surface area contributed by atoms with Crippen molar-refractivity contribution in [1.82, 2.24) is 9.80 Å². The van der Waals surface area contributed by atoms with E-state index in [-0.39, 0.29) is 0 Å². The highest BCUT2D eigenvalue weighted by molar-refractivity contribution is 5.31. The second kappa shape index (κ2) is 10.2. The van der Waals surface area contributed by atoms with Crippen LogP contribution in [0.2, 0.25) is 0 Å². The first-order valence-electron chi connectivity index (χ1n) is 9.70. The maximum absolute atomic E-state index is 5.84. The third kappa shape index (κ3) is 6.15. The fraction of sp³-hybridized carbons (Fsp3) is 0.455. The van der Waals surface area contributed by atoms with Gasteiger partial charge in [0.25, 0.3) is 0 Å². The van der Waals surface area contributed by atoms with E-state index in [1.807, 2.05) is 31.2 Å². The topological polar surface area (TPSA) is 34.2 Å². The molecule has 0 radical (unpaired) electrons. The molecule has 27 heavy (non-hydrogen) atoms. The Kier molecular flexibility index (Phi) is 7.36. The minimum Gasteiger partial charge on any atom is -0.497 e. The van der Waals surface area contributed by atoms with E-state index in [0.717, 1.165) is 56.5 Å². The number of hydrogen-bond acceptors (Lipinski definition) is 5. The molecule has 2 aromatic carbocycles. The molecule has 0 unspecified atom stereocenters. The molecular formula is C22H30N2O3. The van der Waals surface area contributed by atoms with Gasteiger partial charge >= 0.3 is 0 Å². The lowest BCUT2D eigenvalue weighted by Crippen LogP contribution is -2.47. The van der Waals surface area contributed by atoms with Gasteiger partial charge in [-0.15, -0.1) is 0 Å². The molecule has 5 heteroatoms. The zero-order valence-corrected chi connectivity index (χ0v) is 16.4. The zero-order valence-electron chi connectivity index (χ0n) is 16.4. The number of nitrogens with zero attached hydrogens (tertiary/aromatic N) is 2. The van der Waals surface area contributed by atoms with E-state index in [4.69, 9.17) is 14.2 Å². The summed E-state index contributed by atoms with van der Waals surface area (Å²) in [4.78, 5) is 4.98. The summed E-state index contributed by atoms with van der Waals surface area (Å²) in [5.74, 6) is 2.69. The van der Waals surface area contributed by atoms with Crippen LogP contribution in [0.25, 0.3) is 0 Å². The number of rotatable bonds is 9. The summed E-state index contributed by atoms with van der Waals surface area (Å²) < 4.78 is 16.5. The van der Waals surface area contributed by atoms with Gasteiger partial charge in [0.1, 0.15) is 23.9 Å². The van der Waals surface area contributed by atoms with E-state index in [2.05, 4.69) is 34.1 Å². The molecule has 0 atom stereocenters. The van der Waals surface area contributed by atoms with Crippen LogP contribution in [0.4, 0.5) is 0 Å². The van der Waals surface area contributed by atoms with Crippen LogP contribution < -0.4 is 14.2 Å². The van der Waals surface area contributed by atoms with Crippen molar-refractivity contribution in [2.75, 3.05) is 53.0 Å². The quantitative estimate of drug-likeness (QED) is 0.677. The molecule has 1 saturated heterocycles. The summed E-state index contributed by atoms with van der Waals surface area (Å²) >= 11 is 0. The summed E-state index contributed by atoms with van der Waals surface area (Å²) in [5, 5.41) is 0. The van der Waals surface area contributed by atoms with Gasteiger partial charge in [0.15, 0.2) is 0 Å². The molecule has 0 amide bonds. The van der Waals surface area contributed by atoms with E-state index in [1.54, 1.807) is 7.11 Å². The number of piperazine rings is 1. The van der Waals surface area contributed by atoms with Gasteiger partial charge in [-0.3, -0.25) is 9.80 Å². The van der Waals surface area contributed by atoms with Gasteiger partial charge in [-0.25, -0.2) is 0 Å². The van der Waals surface area contributed by atoms with Gasteiger partial charge in [-0.05, 0) is 48.9 Å². The van der Waals surface area contributed by atoms with Crippen molar-refractivity contribution in [3.8, 4) is 17.2 Å². The van der Waals surface area contributed by atoms with Crippen LogP contribution in [-0.4, -0.2) is 62.8 Å². The molecule has 0 aromatic heterocycles. The Morgan fingerprint density at radius 3 is 1.93 bits per heavy atom. The van der Waals surface area contributed by atoms with Crippen molar-refractivity contribution >= 4 is 0 Å². The van der Waals surface area contributed by atoms with Crippen molar-refractivity contribution in [3.63, 3.8) is 0 Å². The lowest BCUT2D eigenvalue weighted by Gasteiger charge is -2.34. The molecule has 1 aliphatic heterocycles. The van der Waals surface area contributed by atoms with Crippen LogP contribution in [0.3, 0.4) is 0 Å². The second-order valence-electron chi connectivity index (χ2n) is 6.72. The van der Waals surface area contributed by atoms with E-state index in [9.17, 15) is 0 Å². The molecular weight excluding hydrogens is 340 g/mol. The number of ether oxygens (including phenoxy) is 3. The first-order valence-corrected chi connectivity index (χ1v) is 9.70. The molecule has 1 fully saturated rings. The fourth-order valence-electron chi connectivity index (χ4n) is 3.25. The highest BCUT2D eigenvalue weighted by Crippen LogP contribution is 2.17. The Bertz CT molecular complexity index is 665. The Hall–Kier alpha value is -2.24. The van der Waals surface area contributed by atoms with Crippen LogP contribution in [0, 0.1) is 0 Å². The summed E-state index contributed by atoms with van der Waals surface area (Å²) in [5.41, 5.74) is 1.34. The SMILES string of the molecule is CCOc1ccc(CN2CCN(CCOc3ccc(OC)cc3)CC2)cc1. The Balaban J connectivity index is 1.34. The first kappa shape index (κ1) is 19.5. The minimum atomic E-state index is 0.712. The molecule has 0 aliphatic carbocycles. The first-order chi connectivity index (χ1) is 13.3. The maximum atomic E-state index is 5.84. The highest BCUT2D eigenvalue weighted by Gasteiger charge is 2.16. The minimum absolute atomic E-state index is 0.712. The Morgan fingerprint density at radius 2 is 1.30 bits per heavy atom. The van der Waals surface area contributed by atoms with Crippen LogP contribution in [0.1, 0.15) is 12.5 Å². The van der Waals surface area contributed by atoms with Gasteiger partial charge < -0.3 is 14.2 Å². The molecule has 1 heterocycles. The molecule has 0 bridgehead atoms. The van der Waals surface area contributed by atoms with E-state index >= 15 is 0 Å². The van der Waals surface area contributed by atoms with Crippen molar-refractivity contribution < 1.29 is 14.2 Å². The molecule has 1 aliphatic rings. The lowest BCUT2D eigenvalue weighted by molar-refractivity contribution is 0.112. The fourth-order valence-corrected chi connectivity index (χ4v) is 3.25. The summed E-state index contributed by atoms with van der Waals surface area (Å²) in [7, 11) is 1.67. The number of hydrogen-bond donors (Lipinski definition) is 0. The third-order valence-electron chi connectivity index (χ3n) is 4.84.